The largest absolute Gasteiger partial charge is 0.393 e. The lowest BCUT2D eigenvalue weighted by atomic mass is 9.46. The molecule has 5 rings (SSSR count). The van der Waals surface area contributed by atoms with Crippen LogP contribution in [0.1, 0.15) is 64.7 Å². The Hall–Kier alpha value is -0.810. The molecule has 0 aliphatic heterocycles. The zero-order chi connectivity index (χ0) is 15.8. The van der Waals surface area contributed by atoms with Crippen LogP contribution in [-0.2, 0) is 0 Å². The van der Waals surface area contributed by atoms with Gasteiger partial charge in [0.2, 0.25) is 0 Å². The van der Waals surface area contributed by atoms with Crippen molar-refractivity contribution in [3.8, 4) is 6.07 Å². The Morgan fingerprint density at radius 2 is 2.17 bits per heavy atom. The van der Waals surface area contributed by atoms with Gasteiger partial charge in [-0.2, -0.15) is 5.26 Å². The number of nitrogens with zero attached hydrogens (tertiary/aromatic N) is 1. The first-order valence-corrected chi connectivity index (χ1v) is 9.82. The lowest BCUT2D eigenvalue weighted by Gasteiger charge is -2.58. The summed E-state index contributed by atoms with van der Waals surface area (Å²) in [5.74, 6) is 4.36. The van der Waals surface area contributed by atoms with Gasteiger partial charge in [-0.05, 0) is 91.8 Å². The molecule has 23 heavy (non-hydrogen) atoms. The Bertz CT molecular complexity index is 603. The molecule has 0 unspecified atom stereocenters. The molecular weight excluding hydrogens is 282 g/mol. The highest BCUT2D eigenvalue weighted by Crippen LogP contribution is 2.74. The third-order valence-corrected chi connectivity index (χ3v) is 8.82. The van der Waals surface area contributed by atoms with E-state index in [2.05, 4.69) is 19.1 Å². The summed E-state index contributed by atoms with van der Waals surface area (Å²) in [6.07, 6.45) is 12.9. The summed E-state index contributed by atoms with van der Waals surface area (Å²) in [5, 5.41) is 19.5. The standard InChI is InChI=1S/C21H29NO/c1-20-6-4-15(23)11-14(20)2-3-16-18(20)5-7-21(8-9-22)12-13-10-17(13)19(16)21/h2,13,15-19,23H,3-8,10-12H2,1H3/t13-,15-,16+,17-,18-,19+,20-,21-/m0/s1. The Labute approximate surface area is 140 Å². The van der Waals surface area contributed by atoms with Gasteiger partial charge in [0.1, 0.15) is 0 Å². The van der Waals surface area contributed by atoms with E-state index in [0.29, 0.717) is 10.8 Å². The highest BCUT2D eigenvalue weighted by atomic mass is 16.3. The zero-order valence-corrected chi connectivity index (χ0v) is 14.3. The number of aliphatic hydroxyl groups excluding tert-OH is 1. The van der Waals surface area contributed by atoms with Crippen molar-refractivity contribution >= 4 is 0 Å². The van der Waals surface area contributed by atoms with E-state index in [-0.39, 0.29) is 6.10 Å². The first-order chi connectivity index (χ1) is 11.1. The fraction of sp³-hybridized carbons (Fsp3) is 0.857. The topological polar surface area (TPSA) is 44.0 Å². The third kappa shape index (κ3) is 1.84. The van der Waals surface area contributed by atoms with Crippen molar-refractivity contribution in [2.75, 3.05) is 0 Å². The van der Waals surface area contributed by atoms with Crippen molar-refractivity contribution in [1.82, 2.24) is 0 Å². The van der Waals surface area contributed by atoms with Crippen LogP contribution in [-0.4, -0.2) is 11.2 Å². The van der Waals surface area contributed by atoms with E-state index in [1.807, 2.05) is 0 Å². The van der Waals surface area contributed by atoms with Crippen LogP contribution in [0.3, 0.4) is 0 Å². The summed E-state index contributed by atoms with van der Waals surface area (Å²) in [6.45, 7) is 2.50. The molecule has 0 heterocycles. The van der Waals surface area contributed by atoms with Crippen LogP contribution in [0.25, 0.3) is 0 Å². The highest BCUT2D eigenvalue weighted by molar-refractivity contribution is 5.27. The van der Waals surface area contributed by atoms with E-state index >= 15 is 0 Å². The number of nitriles is 1. The maximum Gasteiger partial charge on any atom is 0.0627 e. The normalized spacial score (nSPS) is 56.5. The lowest BCUT2D eigenvalue weighted by Crippen LogP contribution is -2.50. The van der Waals surface area contributed by atoms with E-state index in [9.17, 15) is 10.4 Å². The molecule has 0 aromatic carbocycles. The van der Waals surface area contributed by atoms with Crippen LogP contribution in [0.5, 0.6) is 0 Å². The molecule has 2 heteroatoms. The molecule has 2 nitrogen and oxygen atoms in total. The zero-order valence-electron chi connectivity index (χ0n) is 14.3. The maximum absolute atomic E-state index is 10.1. The summed E-state index contributed by atoms with van der Waals surface area (Å²) in [7, 11) is 0. The van der Waals surface area contributed by atoms with E-state index in [0.717, 1.165) is 48.9 Å². The molecule has 0 aromatic rings. The van der Waals surface area contributed by atoms with Gasteiger partial charge in [0.25, 0.3) is 0 Å². The van der Waals surface area contributed by atoms with E-state index in [1.54, 1.807) is 5.57 Å². The predicted molar refractivity (Wildman–Crippen MR) is 89.2 cm³/mol. The van der Waals surface area contributed by atoms with Crippen molar-refractivity contribution in [2.24, 2.45) is 40.4 Å². The first kappa shape index (κ1) is 14.5. The molecule has 4 saturated carbocycles. The molecule has 1 N–H and O–H groups in total. The van der Waals surface area contributed by atoms with Gasteiger partial charge in [-0.3, -0.25) is 0 Å². The molecule has 0 saturated heterocycles. The maximum atomic E-state index is 10.1. The van der Waals surface area contributed by atoms with E-state index in [4.69, 9.17) is 0 Å². The van der Waals surface area contributed by atoms with Crippen LogP contribution < -0.4 is 0 Å². The van der Waals surface area contributed by atoms with Crippen LogP contribution >= 0.6 is 0 Å². The first-order valence-electron chi connectivity index (χ1n) is 9.82. The number of rotatable bonds is 1. The quantitative estimate of drug-likeness (QED) is 0.727. The third-order valence-electron chi connectivity index (χ3n) is 8.82. The molecule has 0 aromatic heterocycles. The minimum Gasteiger partial charge on any atom is -0.393 e. The summed E-state index contributed by atoms with van der Waals surface area (Å²) >= 11 is 0. The van der Waals surface area contributed by atoms with Crippen LogP contribution in [0, 0.1) is 51.8 Å². The summed E-state index contributed by atoms with van der Waals surface area (Å²) in [6, 6.07) is 2.56. The molecule has 4 fully saturated rings. The molecule has 0 bridgehead atoms. The van der Waals surface area contributed by atoms with Gasteiger partial charge in [0.05, 0.1) is 12.2 Å². The Morgan fingerprint density at radius 1 is 1.30 bits per heavy atom. The van der Waals surface area contributed by atoms with Gasteiger partial charge in [-0.15, -0.1) is 0 Å². The molecule has 5 aliphatic carbocycles. The average Bonchev–Trinajstić information content (AvgIpc) is 3.19. The second-order valence-electron chi connectivity index (χ2n) is 9.67. The second-order valence-corrected chi connectivity index (χ2v) is 9.67. The summed E-state index contributed by atoms with van der Waals surface area (Å²) < 4.78 is 0. The monoisotopic (exact) mass is 311 g/mol. The SMILES string of the molecule is C[C@]12CC[C@H](O)CC1=CC[C@H]1[C@@H]3[C@H]4C[C@H]4C[C@@]3(CC#N)CC[C@@H]12. The summed E-state index contributed by atoms with van der Waals surface area (Å²) in [5.41, 5.74) is 2.28. The van der Waals surface area contributed by atoms with Crippen LogP contribution in [0.4, 0.5) is 0 Å². The Kier molecular flexibility index (Phi) is 2.92. The second kappa shape index (κ2) is 4.63. The van der Waals surface area contributed by atoms with Crippen LogP contribution in [0.15, 0.2) is 11.6 Å². The fourth-order valence-corrected chi connectivity index (χ4v) is 7.78. The Morgan fingerprint density at radius 3 is 3.00 bits per heavy atom. The number of allylic oxidation sites excluding steroid dienone is 1. The molecule has 0 radical (unpaired) electrons. The molecule has 0 spiro atoms. The molecular formula is C21H29NO. The van der Waals surface area contributed by atoms with Gasteiger partial charge in [-0.1, -0.05) is 18.6 Å². The number of fused-ring (bicyclic) bond motifs is 7. The van der Waals surface area contributed by atoms with E-state index in [1.165, 1.54) is 38.5 Å². The van der Waals surface area contributed by atoms with Crippen molar-refractivity contribution in [3.63, 3.8) is 0 Å². The smallest absolute Gasteiger partial charge is 0.0627 e. The highest BCUT2D eigenvalue weighted by Gasteiger charge is 2.66. The van der Waals surface area contributed by atoms with Crippen LogP contribution in [0.2, 0.25) is 0 Å². The van der Waals surface area contributed by atoms with Crippen molar-refractivity contribution in [1.29, 1.82) is 5.26 Å². The minimum atomic E-state index is -0.105. The molecule has 5 aliphatic rings. The fourth-order valence-electron chi connectivity index (χ4n) is 7.78. The number of hydrogen-bond donors (Lipinski definition) is 1. The molecule has 8 atom stereocenters. The predicted octanol–water partition coefficient (Wildman–Crippen LogP) is 4.45. The summed E-state index contributed by atoms with van der Waals surface area (Å²) in [4.78, 5) is 0. The average molecular weight is 311 g/mol. The van der Waals surface area contributed by atoms with Gasteiger partial charge in [0, 0.05) is 6.42 Å². The van der Waals surface area contributed by atoms with Gasteiger partial charge < -0.3 is 5.11 Å². The number of hydrogen-bond acceptors (Lipinski definition) is 2. The Balaban J connectivity index is 1.51. The van der Waals surface area contributed by atoms with E-state index < -0.39 is 0 Å². The molecule has 0 amide bonds. The van der Waals surface area contributed by atoms with Crippen molar-refractivity contribution in [3.05, 3.63) is 11.6 Å². The number of aliphatic hydroxyl groups is 1. The molecule has 124 valence electrons. The van der Waals surface area contributed by atoms with Gasteiger partial charge in [-0.25, -0.2) is 0 Å². The van der Waals surface area contributed by atoms with Gasteiger partial charge in [0.15, 0.2) is 0 Å². The van der Waals surface area contributed by atoms with Crippen molar-refractivity contribution in [2.45, 2.75) is 70.8 Å². The minimum absolute atomic E-state index is 0.105. The lowest BCUT2D eigenvalue weighted by molar-refractivity contribution is -0.0527. The van der Waals surface area contributed by atoms with Gasteiger partial charge >= 0.3 is 0 Å². The van der Waals surface area contributed by atoms with Crippen molar-refractivity contribution < 1.29 is 5.11 Å².